The molecular weight excluding hydrogens is 348 g/mol. The van der Waals surface area contributed by atoms with Crippen molar-refractivity contribution in [2.75, 3.05) is 32.8 Å². The van der Waals surface area contributed by atoms with Crippen LogP contribution in [0.4, 0.5) is 4.79 Å². The van der Waals surface area contributed by atoms with Gasteiger partial charge in [-0.05, 0) is 61.5 Å². The van der Waals surface area contributed by atoms with Gasteiger partial charge in [0, 0.05) is 6.54 Å². The van der Waals surface area contributed by atoms with E-state index in [1.165, 1.54) is 11.1 Å². The summed E-state index contributed by atoms with van der Waals surface area (Å²) in [5.41, 5.74) is 3.68. The molecule has 2 aliphatic heterocycles. The van der Waals surface area contributed by atoms with Crippen molar-refractivity contribution in [3.8, 4) is 0 Å². The maximum absolute atomic E-state index is 13.0. The van der Waals surface area contributed by atoms with Crippen molar-refractivity contribution in [2.45, 2.75) is 32.2 Å². The number of carbonyl (C=O) groups excluding carboxylic acids is 1. The Morgan fingerprint density at radius 2 is 1.71 bits per heavy atom. The van der Waals surface area contributed by atoms with E-state index in [2.05, 4.69) is 48.2 Å². The Labute approximate surface area is 168 Å². The molecule has 1 saturated heterocycles. The Hall–Kier alpha value is -2.33. The number of likely N-dealkylation sites (tertiary alicyclic amines) is 1. The Bertz CT molecular complexity index is 784. The molecule has 0 bridgehead atoms. The summed E-state index contributed by atoms with van der Waals surface area (Å²) in [5.74, 6) is 0.485. The number of benzene rings is 2. The van der Waals surface area contributed by atoms with Gasteiger partial charge in [0.2, 0.25) is 0 Å². The van der Waals surface area contributed by atoms with E-state index in [4.69, 9.17) is 4.74 Å². The molecule has 4 heteroatoms. The smallest absolute Gasteiger partial charge is 0.410 e. The summed E-state index contributed by atoms with van der Waals surface area (Å²) >= 11 is 0. The molecule has 0 aromatic heterocycles. The minimum atomic E-state index is -0.179. The molecule has 0 N–H and O–H groups in total. The van der Waals surface area contributed by atoms with E-state index in [-0.39, 0.29) is 12.1 Å². The minimum absolute atomic E-state index is 0.0689. The summed E-state index contributed by atoms with van der Waals surface area (Å²) < 4.78 is 5.83. The van der Waals surface area contributed by atoms with Gasteiger partial charge >= 0.3 is 6.09 Å². The molecule has 4 nitrogen and oxygen atoms in total. The second-order valence-electron chi connectivity index (χ2n) is 7.91. The molecule has 0 aliphatic carbocycles. The van der Waals surface area contributed by atoms with Crippen LogP contribution in [0.2, 0.25) is 0 Å². The molecular formula is C24H30N2O2. The largest absolute Gasteiger partial charge is 0.449 e. The Kier molecular flexibility index (Phi) is 5.96. The summed E-state index contributed by atoms with van der Waals surface area (Å²) in [6.45, 7) is 6.78. The van der Waals surface area contributed by atoms with Crippen molar-refractivity contribution >= 4 is 6.09 Å². The molecule has 1 amide bonds. The van der Waals surface area contributed by atoms with Crippen LogP contribution in [0, 0.1) is 5.92 Å². The van der Waals surface area contributed by atoms with Crippen LogP contribution >= 0.6 is 0 Å². The predicted octanol–water partition coefficient (Wildman–Crippen LogP) is 4.50. The highest BCUT2D eigenvalue weighted by Crippen LogP contribution is 2.35. The van der Waals surface area contributed by atoms with Crippen LogP contribution in [-0.4, -0.2) is 48.7 Å². The first-order chi connectivity index (χ1) is 13.8. The fourth-order valence-corrected chi connectivity index (χ4v) is 4.50. The average molecular weight is 379 g/mol. The lowest BCUT2D eigenvalue weighted by Crippen LogP contribution is -2.42. The molecule has 28 heavy (non-hydrogen) atoms. The summed E-state index contributed by atoms with van der Waals surface area (Å²) in [5, 5.41) is 0. The number of hydrogen-bond donors (Lipinski definition) is 0. The fraction of sp³-hybridized carbons (Fsp3) is 0.458. The topological polar surface area (TPSA) is 32.8 Å². The van der Waals surface area contributed by atoms with E-state index in [1.807, 2.05) is 23.1 Å². The second kappa shape index (κ2) is 8.78. The molecule has 148 valence electrons. The normalized spacial score (nSPS) is 20.6. The highest BCUT2D eigenvalue weighted by atomic mass is 16.6. The predicted molar refractivity (Wildman–Crippen MR) is 111 cm³/mol. The molecule has 4 rings (SSSR count). The lowest BCUT2D eigenvalue weighted by atomic mass is 9.88. The van der Waals surface area contributed by atoms with Crippen LogP contribution < -0.4 is 0 Å². The van der Waals surface area contributed by atoms with Gasteiger partial charge in [0.15, 0.2) is 0 Å². The number of amides is 1. The Morgan fingerprint density at radius 1 is 1.00 bits per heavy atom. The molecule has 1 fully saturated rings. The summed E-state index contributed by atoms with van der Waals surface area (Å²) in [6.07, 6.45) is 2.93. The number of fused-ring (bicyclic) bond motifs is 1. The van der Waals surface area contributed by atoms with Gasteiger partial charge in [0.25, 0.3) is 0 Å². The average Bonchev–Trinajstić information content (AvgIpc) is 2.77. The Balaban J connectivity index is 1.47. The molecule has 2 aromatic rings. The lowest BCUT2D eigenvalue weighted by Gasteiger charge is -2.37. The number of hydrogen-bond acceptors (Lipinski definition) is 3. The zero-order chi connectivity index (χ0) is 19.3. The van der Waals surface area contributed by atoms with E-state index in [9.17, 15) is 4.79 Å². The van der Waals surface area contributed by atoms with E-state index < -0.39 is 0 Å². The van der Waals surface area contributed by atoms with Crippen molar-refractivity contribution < 1.29 is 9.53 Å². The standard InChI is InChI=1S/C24H30N2O2/c1-2-25-15-12-19(13-16-25)18-28-24(27)26-17-14-20-8-6-7-11-22(20)23(26)21-9-4-3-5-10-21/h3-11,19,23H,2,12-18H2,1H3. The van der Waals surface area contributed by atoms with Crippen molar-refractivity contribution in [2.24, 2.45) is 5.92 Å². The van der Waals surface area contributed by atoms with Crippen LogP contribution in [0.3, 0.4) is 0 Å². The van der Waals surface area contributed by atoms with Crippen LogP contribution in [0.15, 0.2) is 54.6 Å². The molecule has 2 aromatic carbocycles. The first-order valence-corrected chi connectivity index (χ1v) is 10.5. The van der Waals surface area contributed by atoms with E-state index in [1.54, 1.807) is 0 Å². The van der Waals surface area contributed by atoms with Gasteiger partial charge < -0.3 is 9.64 Å². The van der Waals surface area contributed by atoms with Gasteiger partial charge in [0.1, 0.15) is 0 Å². The number of nitrogens with zero attached hydrogens (tertiary/aromatic N) is 2. The third-order valence-corrected chi connectivity index (χ3v) is 6.23. The van der Waals surface area contributed by atoms with E-state index in [0.717, 1.165) is 44.5 Å². The van der Waals surface area contributed by atoms with Crippen molar-refractivity contribution in [1.29, 1.82) is 0 Å². The van der Waals surface area contributed by atoms with Gasteiger partial charge in [-0.3, -0.25) is 4.90 Å². The molecule has 0 saturated carbocycles. The first-order valence-electron chi connectivity index (χ1n) is 10.5. The summed E-state index contributed by atoms with van der Waals surface area (Å²) in [4.78, 5) is 17.4. The zero-order valence-corrected chi connectivity index (χ0v) is 16.7. The third kappa shape index (κ3) is 4.07. The van der Waals surface area contributed by atoms with Crippen molar-refractivity contribution in [3.05, 3.63) is 71.3 Å². The number of piperidine rings is 1. The molecule has 2 heterocycles. The maximum atomic E-state index is 13.0. The molecule has 2 aliphatic rings. The highest BCUT2D eigenvalue weighted by Gasteiger charge is 2.33. The Morgan fingerprint density at radius 3 is 2.46 bits per heavy atom. The van der Waals surface area contributed by atoms with E-state index >= 15 is 0 Å². The number of ether oxygens (including phenoxy) is 1. The van der Waals surface area contributed by atoms with Crippen molar-refractivity contribution in [1.82, 2.24) is 9.80 Å². The second-order valence-corrected chi connectivity index (χ2v) is 7.91. The quantitative estimate of drug-likeness (QED) is 0.785. The van der Waals surface area contributed by atoms with Gasteiger partial charge in [-0.1, -0.05) is 61.5 Å². The van der Waals surface area contributed by atoms with E-state index in [0.29, 0.717) is 19.1 Å². The van der Waals surface area contributed by atoms with Crippen LogP contribution in [-0.2, 0) is 11.2 Å². The van der Waals surface area contributed by atoms with Gasteiger partial charge in [-0.25, -0.2) is 4.79 Å². The maximum Gasteiger partial charge on any atom is 0.410 e. The van der Waals surface area contributed by atoms with Crippen LogP contribution in [0.1, 0.15) is 42.5 Å². The SMILES string of the molecule is CCN1CCC(COC(=O)N2CCc3ccccc3C2c2ccccc2)CC1. The molecule has 1 unspecified atom stereocenters. The fourth-order valence-electron chi connectivity index (χ4n) is 4.50. The van der Waals surface area contributed by atoms with Crippen molar-refractivity contribution in [3.63, 3.8) is 0 Å². The van der Waals surface area contributed by atoms with Gasteiger partial charge in [0.05, 0.1) is 12.6 Å². The highest BCUT2D eigenvalue weighted by molar-refractivity contribution is 5.70. The monoisotopic (exact) mass is 378 g/mol. The molecule has 0 radical (unpaired) electrons. The van der Waals surface area contributed by atoms with Crippen LogP contribution in [0.5, 0.6) is 0 Å². The summed E-state index contributed by atoms with van der Waals surface area (Å²) in [6, 6.07) is 18.7. The zero-order valence-electron chi connectivity index (χ0n) is 16.7. The number of rotatable bonds is 4. The molecule has 0 spiro atoms. The van der Waals surface area contributed by atoms with Gasteiger partial charge in [-0.15, -0.1) is 0 Å². The minimum Gasteiger partial charge on any atom is -0.449 e. The lowest BCUT2D eigenvalue weighted by molar-refractivity contribution is 0.0617. The summed E-state index contributed by atoms with van der Waals surface area (Å²) in [7, 11) is 0. The van der Waals surface area contributed by atoms with Crippen LogP contribution in [0.25, 0.3) is 0 Å². The molecule has 1 atom stereocenters. The number of carbonyl (C=O) groups is 1. The van der Waals surface area contributed by atoms with Gasteiger partial charge in [-0.2, -0.15) is 0 Å². The first kappa shape index (κ1) is 19.0. The third-order valence-electron chi connectivity index (χ3n) is 6.23.